The summed E-state index contributed by atoms with van der Waals surface area (Å²) in [6, 6.07) is 0. The molecular weight excluding hydrogens is 276 g/mol. The summed E-state index contributed by atoms with van der Waals surface area (Å²) in [4.78, 5) is 0. The molecule has 0 nitrogen and oxygen atoms in total. The Morgan fingerprint density at radius 1 is 0.435 bits per heavy atom. The molecule has 142 valence electrons. The highest BCUT2D eigenvalue weighted by molar-refractivity contribution is 4.73. The predicted octanol–water partition coefficient (Wildman–Crippen LogP) is 8.31. The van der Waals surface area contributed by atoms with Crippen LogP contribution in [0.15, 0.2) is 0 Å². The normalized spacial score (nSPS) is 13.7. The third-order valence-electron chi connectivity index (χ3n) is 4.79. The minimum absolute atomic E-state index is 0.828. The summed E-state index contributed by atoms with van der Waals surface area (Å²) in [5.74, 6) is 6.92. The van der Waals surface area contributed by atoms with Crippen molar-refractivity contribution in [2.75, 3.05) is 0 Å². The van der Waals surface area contributed by atoms with E-state index in [1.54, 1.807) is 0 Å². The van der Waals surface area contributed by atoms with Crippen LogP contribution in [-0.2, 0) is 0 Å². The van der Waals surface area contributed by atoms with Crippen LogP contribution in [0.5, 0.6) is 0 Å². The van der Waals surface area contributed by atoms with Gasteiger partial charge in [0.1, 0.15) is 0 Å². The van der Waals surface area contributed by atoms with Gasteiger partial charge in [-0.3, -0.25) is 0 Å². The van der Waals surface area contributed by atoms with Crippen LogP contribution in [0.4, 0.5) is 0 Å². The largest absolute Gasteiger partial charge is 0.0628 e. The van der Waals surface area contributed by atoms with E-state index in [4.69, 9.17) is 0 Å². The van der Waals surface area contributed by atoms with Crippen LogP contribution in [-0.4, -0.2) is 0 Å². The van der Waals surface area contributed by atoms with Crippen LogP contribution >= 0.6 is 0 Å². The van der Waals surface area contributed by atoms with Gasteiger partial charge in [0.25, 0.3) is 0 Å². The SMILES string of the molecule is CC(C)CC(C)C(C(C)C)C(C)C.CC(C)CC(C)CC(C)C. The lowest BCUT2D eigenvalue weighted by atomic mass is 9.74. The molecule has 0 aromatic carbocycles. The van der Waals surface area contributed by atoms with E-state index in [1.165, 1.54) is 19.3 Å². The maximum atomic E-state index is 2.42. The fourth-order valence-electron chi connectivity index (χ4n) is 4.69. The highest BCUT2D eigenvalue weighted by Gasteiger charge is 2.24. The van der Waals surface area contributed by atoms with E-state index in [2.05, 4.69) is 83.1 Å². The van der Waals surface area contributed by atoms with Crippen LogP contribution in [0.3, 0.4) is 0 Å². The summed E-state index contributed by atoms with van der Waals surface area (Å²) >= 11 is 0. The lowest BCUT2D eigenvalue weighted by molar-refractivity contribution is 0.177. The lowest BCUT2D eigenvalue weighted by Gasteiger charge is -2.32. The van der Waals surface area contributed by atoms with Crippen molar-refractivity contribution in [1.29, 1.82) is 0 Å². The van der Waals surface area contributed by atoms with Crippen LogP contribution in [0, 0.1) is 47.3 Å². The van der Waals surface area contributed by atoms with Gasteiger partial charge in [0.2, 0.25) is 0 Å². The third kappa shape index (κ3) is 15.3. The maximum absolute atomic E-state index is 2.42. The number of hydrogen-bond acceptors (Lipinski definition) is 0. The van der Waals surface area contributed by atoms with E-state index in [1.807, 2.05) is 0 Å². The van der Waals surface area contributed by atoms with Gasteiger partial charge in [0.15, 0.2) is 0 Å². The Bertz CT molecular complexity index is 229. The second kappa shape index (κ2) is 13.3. The Hall–Kier alpha value is 0. The highest BCUT2D eigenvalue weighted by atomic mass is 14.3. The zero-order chi connectivity index (χ0) is 18.7. The molecule has 0 bridgehead atoms. The summed E-state index contributed by atoms with van der Waals surface area (Å²) in [5, 5.41) is 0. The van der Waals surface area contributed by atoms with Crippen molar-refractivity contribution in [2.45, 2.75) is 102 Å². The zero-order valence-corrected chi connectivity index (χ0v) is 18.7. The van der Waals surface area contributed by atoms with Crippen molar-refractivity contribution in [3.63, 3.8) is 0 Å². The molecule has 0 aliphatic heterocycles. The predicted molar refractivity (Wildman–Crippen MR) is 110 cm³/mol. The van der Waals surface area contributed by atoms with Crippen molar-refractivity contribution < 1.29 is 0 Å². The van der Waals surface area contributed by atoms with Crippen molar-refractivity contribution >= 4 is 0 Å². The van der Waals surface area contributed by atoms with Crippen LogP contribution in [0.25, 0.3) is 0 Å². The minimum atomic E-state index is 0.828. The van der Waals surface area contributed by atoms with Crippen molar-refractivity contribution in [2.24, 2.45) is 47.3 Å². The second-order valence-corrected chi connectivity index (χ2v) is 10.0. The standard InChI is InChI=1S/C13H28.C10H22/c1-9(2)8-12(7)13(10(3)4)11(5)6;1-8(2)6-10(5)7-9(3)4/h9-13H,8H2,1-7H3;8-10H,6-7H2,1-5H3. The quantitative estimate of drug-likeness (QED) is 0.399. The molecule has 0 heterocycles. The van der Waals surface area contributed by atoms with E-state index in [-0.39, 0.29) is 0 Å². The summed E-state index contributed by atoms with van der Waals surface area (Å²) in [5.41, 5.74) is 0. The van der Waals surface area contributed by atoms with Gasteiger partial charge >= 0.3 is 0 Å². The molecule has 23 heavy (non-hydrogen) atoms. The summed E-state index contributed by atoms with van der Waals surface area (Å²) in [7, 11) is 0. The van der Waals surface area contributed by atoms with Gasteiger partial charge in [0.05, 0.1) is 0 Å². The van der Waals surface area contributed by atoms with Crippen molar-refractivity contribution in [3.05, 3.63) is 0 Å². The Labute approximate surface area is 150 Å². The summed E-state index contributed by atoms with van der Waals surface area (Å²) in [6.45, 7) is 28.1. The molecule has 0 saturated heterocycles. The van der Waals surface area contributed by atoms with Gasteiger partial charge in [-0.15, -0.1) is 0 Å². The molecule has 0 fully saturated rings. The molecule has 0 aliphatic rings. The van der Waals surface area contributed by atoms with E-state index >= 15 is 0 Å². The molecule has 0 aromatic rings. The lowest BCUT2D eigenvalue weighted by Crippen LogP contribution is -2.24. The van der Waals surface area contributed by atoms with E-state index < -0.39 is 0 Å². The van der Waals surface area contributed by atoms with Crippen LogP contribution in [0.1, 0.15) is 102 Å². The minimum Gasteiger partial charge on any atom is -0.0628 e. The third-order valence-corrected chi connectivity index (χ3v) is 4.79. The van der Waals surface area contributed by atoms with E-state index in [9.17, 15) is 0 Å². The zero-order valence-electron chi connectivity index (χ0n) is 18.7. The summed E-state index contributed by atoms with van der Waals surface area (Å²) < 4.78 is 0. The first-order chi connectivity index (χ1) is 10.4. The number of hydrogen-bond donors (Lipinski definition) is 0. The molecule has 0 rings (SSSR count). The monoisotopic (exact) mass is 326 g/mol. The fourth-order valence-corrected chi connectivity index (χ4v) is 4.69. The Morgan fingerprint density at radius 2 is 0.739 bits per heavy atom. The molecule has 0 spiro atoms. The molecule has 0 amide bonds. The maximum Gasteiger partial charge on any atom is -0.0342 e. The van der Waals surface area contributed by atoms with E-state index in [0.717, 1.165) is 47.3 Å². The highest BCUT2D eigenvalue weighted by Crippen LogP contribution is 2.32. The molecule has 0 heteroatoms. The topological polar surface area (TPSA) is 0 Å². The van der Waals surface area contributed by atoms with Crippen molar-refractivity contribution in [1.82, 2.24) is 0 Å². The average Bonchev–Trinajstić information content (AvgIpc) is 2.23. The van der Waals surface area contributed by atoms with Gasteiger partial charge < -0.3 is 0 Å². The molecule has 0 N–H and O–H groups in total. The van der Waals surface area contributed by atoms with E-state index in [0.29, 0.717) is 0 Å². The van der Waals surface area contributed by atoms with Gasteiger partial charge in [-0.1, -0.05) is 83.1 Å². The van der Waals surface area contributed by atoms with Crippen molar-refractivity contribution in [3.8, 4) is 0 Å². The summed E-state index contributed by atoms with van der Waals surface area (Å²) in [6.07, 6.45) is 4.15. The number of rotatable bonds is 9. The van der Waals surface area contributed by atoms with Gasteiger partial charge in [-0.05, 0) is 66.6 Å². The molecule has 0 radical (unpaired) electrons. The van der Waals surface area contributed by atoms with Crippen LogP contribution < -0.4 is 0 Å². The Morgan fingerprint density at radius 3 is 0.957 bits per heavy atom. The van der Waals surface area contributed by atoms with Crippen LogP contribution in [0.2, 0.25) is 0 Å². The molecular formula is C23H50. The first kappa shape index (κ1) is 25.2. The van der Waals surface area contributed by atoms with Gasteiger partial charge in [-0.2, -0.15) is 0 Å². The Balaban J connectivity index is 0. The first-order valence-electron chi connectivity index (χ1n) is 10.4. The van der Waals surface area contributed by atoms with Gasteiger partial charge in [0, 0.05) is 0 Å². The molecule has 1 unspecified atom stereocenters. The Kier molecular flexibility index (Phi) is 14.6. The molecule has 0 saturated carbocycles. The molecule has 0 aliphatic carbocycles. The second-order valence-electron chi connectivity index (χ2n) is 10.0. The molecule has 1 atom stereocenters. The first-order valence-corrected chi connectivity index (χ1v) is 10.4. The molecule has 0 aromatic heterocycles. The average molecular weight is 327 g/mol. The smallest absolute Gasteiger partial charge is 0.0342 e. The fraction of sp³-hybridized carbons (Fsp3) is 1.00. The van der Waals surface area contributed by atoms with Gasteiger partial charge in [-0.25, -0.2) is 0 Å².